The number of aromatic nitrogens is 3. The molecule has 13 heteroatoms. The average molecular weight is 757 g/mol. The topological polar surface area (TPSA) is 164 Å². The number of benzene rings is 3. The lowest BCUT2D eigenvalue weighted by atomic mass is 10.0. The number of fused-ring (bicyclic) bond motifs is 1. The van der Waals surface area contributed by atoms with Gasteiger partial charge in [-0.05, 0) is 104 Å². The number of amides is 3. The van der Waals surface area contributed by atoms with E-state index < -0.39 is 18.2 Å². The zero-order valence-electron chi connectivity index (χ0n) is 31.4. The SMILES string of the molecule is COC(=O)N[C@@H](C(=O)N1CCC[C@H]1C(=O)Nc1ccc(C#Cc2ccc(Sc3ccc(N)cc3)c(Nc3ncnc4nc(C(C)C)ccc34)c2)cc1)C(C)C. The molecule has 3 amide bonds. The molecular formula is C42H44N8O4S. The first-order chi connectivity index (χ1) is 26.5. The summed E-state index contributed by atoms with van der Waals surface area (Å²) in [6.07, 6.45) is 2.04. The van der Waals surface area contributed by atoms with Gasteiger partial charge < -0.3 is 31.3 Å². The third-order valence-electron chi connectivity index (χ3n) is 9.18. The minimum absolute atomic E-state index is 0.187. The van der Waals surface area contributed by atoms with Gasteiger partial charge in [0.25, 0.3) is 0 Å². The van der Waals surface area contributed by atoms with Crippen LogP contribution in [-0.2, 0) is 14.3 Å². The van der Waals surface area contributed by atoms with Crippen LogP contribution in [0.1, 0.15) is 63.3 Å². The second kappa shape index (κ2) is 17.3. The van der Waals surface area contributed by atoms with Gasteiger partial charge in [-0.25, -0.2) is 19.7 Å². The van der Waals surface area contributed by atoms with Gasteiger partial charge in [0.05, 0.1) is 18.2 Å². The molecule has 3 heterocycles. The van der Waals surface area contributed by atoms with Crippen LogP contribution in [-0.4, -0.2) is 63.5 Å². The number of carbonyl (C=O) groups excluding carboxylic acids is 3. The quantitative estimate of drug-likeness (QED) is 0.0838. The number of ether oxygens (including phenoxy) is 1. The molecule has 0 unspecified atom stereocenters. The van der Waals surface area contributed by atoms with Crippen molar-refractivity contribution in [1.29, 1.82) is 0 Å². The summed E-state index contributed by atoms with van der Waals surface area (Å²) in [5.41, 5.74) is 11.2. The highest BCUT2D eigenvalue weighted by Gasteiger charge is 2.38. The van der Waals surface area contributed by atoms with E-state index in [9.17, 15) is 14.4 Å². The highest BCUT2D eigenvalue weighted by Crippen LogP contribution is 2.37. The largest absolute Gasteiger partial charge is 0.453 e. The molecule has 1 saturated heterocycles. The number of hydrogen-bond acceptors (Lipinski definition) is 10. The van der Waals surface area contributed by atoms with Gasteiger partial charge in [0.2, 0.25) is 11.8 Å². The van der Waals surface area contributed by atoms with E-state index in [1.165, 1.54) is 13.4 Å². The number of nitrogens with two attached hydrogens (primary N) is 1. The molecule has 5 N–H and O–H groups in total. The molecule has 1 fully saturated rings. The van der Waals surface area contributed by atoms with E-state index in [0.717, 1.165) is 37.7 Å². The highest BCUT2D eigenvalue weighted by molar-refractivity contribution is 7.99. The fraction of sp³-hybridized carbons (Fsp3) is 0.286. The Kier molecular flexibility index (Phi) is 12.2. The zero-order valence-corrected chi connectivity index (χ0v) is 32.2. The number of nitrogens with one attached hydrogen (secondary N) is 3. The Labute approximate surface area is 325 Å². The van der Waals surface area contributed by atoms with Crippen molar-refractivity contribution < 1.29 is 19.1 Å². The van der Waals surface area contributed by atoms with Crippen molar-refractivity contribution in [2.24, 2.45) is 5.92 Å². The van der Waals surface area contributed by atoms with Gasteiger partial charge in [0.15, 0.2) is 5.65 Å². The maximum Gasteiger partial charge on any atom is 0.407 e. The number of pyridine rings is 1. The number of methoxy groups -OCH3 is 1. The minimum Gasteiger partial charge on any atom is -0.453 e. The van der Waals surface area contributed by atoms with Crippen molar-refractivity contribution in [3.8, 4) is 11.8 Å². The normalized spacial score (nSPS) is 14.3. The van der Waals surface area contributed by atoms with Crippen LogP contribution in [0.2, 0.25) is 0 Å². The molecule has 55 heavy (non-hydrogen) atoms. The smallest absolute Gasteiger partial charge is 0.407 e. The van der Waals surface area contributed by atoms with Gasteiger partial charge in [-0.2, -0.15) is 0 Å². The summed E-state index contributed by atoms with van der Waals surface area (Å²) >= 11 is 1.60. The van der Waals surface area contributed by atoms with Crippen LogP contribution in [0.5, 0.6) is 0 Å². The molecule has 1 aliphatic rings. The van der Waals surface area contributed by atoms with Gasteiger partial charge in [-0.15, -0.1) is 0 Å². The zero-order chi connectivity index (χ0) is 39.1. The average Bonchev–Trinajstić information content (AvgIpc) is 3.68. The van der Waals surface area contributed by atoms with E-state index in [1.807, 2.05) is 80.6 Å². The number of nitrogens with zero attached hydrogens (tertiary/aromatic N) is 4. The van der Waals surface area contributed by atoms with Gasteiger partial charge in [-0.3, -0.25) is 9.59 Å². The third kappa shape index (κ3) is 9.52. The summed E-state index contributed by atoms with van der Waals surface area (Å²) in [6, 6.07) is 23.5. The lowest BCUT2D eigenvalue weighted by Crippen LogP contribution is -2.54. The third-order valence-corrected chi connectivity index (χ3v) is 10.3. The predicted octanol–water partition coefficient (Wildman–Crippen LogP) is 7.34. The number of hydrogen-bond donors (Lipinski definition) is 4. The second-order valence-corrected chi connectivity index (χ2v) is 15.0. The van der Waals surface area contributed by atoms with Crippen LogP contribution in [0.15, 0.2) is 95.0 Å². The van der Waals surface area contributed by atoms with Crippen LogP contribution in [0.25, 0.3) is 11.0 Å². The molecule has 0 bridgehead atoms. The molecule has 12 nitrogen and oxygen atoms in total. The fourth-order valence-corrected chi connectivity index (χ4v) is 7.03. The molecule has 6 rings (SSSR count). The Balaban J connectivity index is 1.19. The van der Waals surface area contributed by atoms with E-state index >= 15 is 0 Å². The first-order valence-electron chi connectivity index (χ1n) is 18.1. The van der Waals surface area contributed by atoms with E-state index in [1.54, 1.807) is 28.8 Å². The summed E-state index contributed by atoms with van der Waals surface area (Å²) in [5, 5.41) is 9.88. The van der Waals surface area contributed by atoms with Gasteiger partial charge in [0.1, 0.15) is 24.2 Å². The molecule has 3 aromatic carbocycles. The molecule has 0 aliphatic carbocycles. The lowest BCUT2D eigenvalue weighted by molar-refractivity contribution is -0.139. The Morgan fingerprint density at radius 2 is 1.65 bits per heavy atom. The van der Waals surface area contributed by atoms with Crippen LogP contribution < -0.4 is 21.7 Å². The first kappa shape index (κ1) is 38.6. The molecular weight excluding hydrogens is 713 g/mol. The van der Waals surface area contributed by atoms with Crippen molar-refractivity contribution in [3.63, 3.8) is 0 Å². The van der Waals surface area contributed by atoms with Crippen molar-refractivity contribution in [2.75, 3.05) is 30.0 Å². The van der Waals surface area contributed by atoms with Crippen molar-refractivity contribution >= 4 is 63.6 Å². The summed E-state index contributed by atoms with van der Waals surface area (Å²) < 4.78 is 4.70. The van der Waals surface area contributed by atoms with E-state index in [-0.39, 0.29) is 23.7 Å². The van der Waals surface area contributed by atoms with Crippen LogP contribution in [0.3, 0.4) is 0 Å². The van der Waals surface area contributed by atoms with Crippen molar-refractivity contribution in [2.45, 2.75) is 68.3 Å². The molecule has 0 saturated carbocycles. The Hall–Kier alpha value is -6.13. The molecule has 2 aromatic heterocycles. The highest BCUT2D eigenvalue weighted by atomic mass is 32.2. The standard InChI is InChI=1S/C42H44N8O4S/c1-25(2)33-20-19-32-38(47-33)44-24-45-39(32)48-34-23-28(12-21-36(34)55-31-17-13-29(43)14-18-31)9-8-27-10-15-30(16-11-27)46-40(51)35-7-6-22-50(35)41(52)37(26(3)4)49-42(53)54-5/h10-21,23-26,35,37H,6-7,22,43H2,1-5H3,(H,46,51)(H,49,53)(H,44,45,47,48)/t35-,37+/m0/s1. The number of likely N-dealkylation sites (tertiary alicyclic amines) is 1. The number of alkyl carbamates (subject to hydrolysis) is 1. The van der Waals surface area contributed by atoms with Crippen molar-refractivity contribution in [3.05, 3.63) is 102 Å². The molecule has 0 radical (unpaired) electrons. The lowest BCUT2D eigenvalue weighted by Gasteiger charge is -2.30. The maximum atomic E-state index is 13.4. The van der Waals surface area contributed by atoms with Gasteiger partial charge >= 0.3 is 6.09 Å². The summed E-state index contributed by atoms with van der Waals surface area (Å²) in [7, 11) is 1.25. The number of nitrogen functional groups attached to an aromatic ring is 1. The van der Waals surface area contributed by atoms with E-state index in [4.69, 9.17) is 15.5 Å². The second-order valence-electron chi connectivity index (χ2n) is 13.9. The molecule has 1 aliphatic heterocycles. The van der Waals surface area contributed by atoms with Gasteiger partial charge in [0, 0.05) is 44.5 Å². The number of anilines is 4. The number of rotatable bonds is 10. The monoisotopic (exact) mass is 756 g/mol. The first-order valence-corrected chi connectivity index (χ1v) is 18.9. The summed E-state index contributed by atoms with van der Waals surface area (Å²) in [6.45, 7) is 8.30. The Bertz CT molecular complexity index is 2250. The fourth-order valence-electron chi connectivity index (χ4n) is 6.15. The van der Waals surface area contributed by atoms with E-state index in [0.29, 0.717) is 42.2 Å². The summed E-state index contributed by atoms with van der Waals surface area (Å²) in [4.78, 5) is 55.9. The molecule has 5 aromatic rings. The molecule has 0 spiro atoms. The van der Waals surface area contributed by atoms with E-state index in [2.05, 4.69) is 51.6 Å². The Morgan fingerprint density at radius 1 is 0.927 bits per heavy atom. The molecule has 2 atom stereocenters. The van der Waals surface area contributed by atoms with Gasteiger partial charge in [-0.1, -0.05) is 51.3 Å². The maximum absolute atomic E-state index is 13.4. The van der Waals surface area contributed by atoms with Crippen LogP contribution in [0.4, 0.5) is 27.7 Å². The van der Waals surface area contributed by atoms with Crippen molar-refractivity contribution in [1.82, 2.24) is 25.2 Å². The number of carbonyl (C=O) groups is 3. The Morgan fingerprint density at radius 3 is 2.36 bits per heavy atom. The van der Waals surface area contributed by atoms with Crippen LogP contribution >= 0.6 is 11.8 Å². The molecule has 282 valence electrons. The summed E-state index contributed by atoms with van der Waals surface area (Å²) in [5.74, 6) is 6.63. The van der Waals surface area contributed by atoms with Crippen LogP contribution in [0, 0.1) is 17.8 Å². The predicted molar refractivity (Wildman–Crippen MR) is 216 cm³/mol. The minimum atomic E-state index is -0.799.